The van der Waals surface area contributed by atoms with Gasteiger partial charge in [-0.05, 0) is 103 Å². The van der Waals surface area contributed by atoms with E-state index >= 15 is 0 Å². The number of halogens is 3. The predicted molar refractivity (Wildman–Crippen MR) is 370 cm³/mol. The lowest BCUT2D eigenvalue weighted by molar-refractivity contribution is -0.144. The highest BCUT2D eigenvalue weighted by Crippen LogP contribution is 2.59. The number of aryl methyl sites for hydroxylation is 2. The van der Waals surface area contributed by atoms with Crippen molar-refractivity contribution in [3.63, 3.8) is 0 Å². The van der Waals surface area contributed by atoms with Gasteiger partial charge in [0.15, 0.2) is 11.5 Å². The molecule has 0 unspecified atom stereocenters. The number of ether oxygens (including phenoxy) is 2. The van der Waals surface area contributed by atoms with Crippen LogP contribution in [0.1, 0.15) is 115 Å². The number of nitrogens with zero attached hydrogens (tertiary/aromatic N) is 2. The van der Waals surface area contributed by atoms with Crippen LogP contribution >= 0.6 is 34.9 Å². The van der Waals surface area contributed by atoms with E-state index in [1.54, 1.807) is 74.8 Å². The number of thiazole rings is 1. The minimum absolute atomic E-state index is 0.0154. The molecule has 0 spiro atoms. The van der Waals surface area contributed by atoms with Crippen molar-refractivity contribution in [3.8, 4) is 21.9 Å². The van der Waals surface area contributed by atoms with E-state index in [9.17, 15) is 71.7 Å². The summed E-state index contributed by atoms with van der Waals surface area (Å²) in [6.07, 6.45) is -1.55. The van der Waals surface area contributed by atoms with Crippen LogP contribution in [0, 0.1) is 19.3 Å². The van der Waals surface area contributed by atoms with Crippen LogP contribution in [-0.4, -0.2) is 153 Å². The van der Waals surface area contributed by atoms with Gasteiger partial charge in [0.25, 0.3) is 5.91 Å². The highest BCUT2D eigenvalue weighted by molar-refractivity contribution is 9.10. The van der Waals surface area contributed by atoms with Gasteiger partial charge in [-0.25, -0.2) is 4.98 Å². The van der Waals surface area contributed by atoms with Crippen LogP contribution in [0.25, 0.3) is 10.4 Å². The Morgan fingerprint density at radius 3 is 2.02 bits per heavy atom. The molecule has 11 N–H and O–H groups in total. The van der Waals surface area contributed by atoms with Crippen molar-refractivity contribution >= 4 is 82.1 Å². The molecule has 6 aromatic rings. The van der Waals surface area contributed by atoms with E-state index in [0.717, 1.165) is 56.0 Å². The molecule has 1 aromatic heterocycles. The third-order valence-electron chi connectivity index (χ3n) is 16.6. The number of phenols is 1. The van der Waals surface area contributed by atoms with Gasteiger partial charge in [-0.1, -0.05) is 128 Å². The van der Waals surface area contributed by atoms with E-state index in [0.29, 0.717) is 23.1 Å². The Balaban J connectivity index is 1.02. The molecule has 1 fully saturated rings. The van der Waals surface area contributed by atoms with E-state index in [-0.39, 0.29) is 94.3 Å². The molecule has 7 atom stereocenters. The number of aromatic hydroxyl groups is 1. The average Bonchev–Trinajstić information content (AvgIpc) is 1.67. The number of alkyl halides is 2. The molecule has 0 bridgehead atoms. The summed E-state index contributed by atoms with van der Waals surface area (Å²) in [4.78, 5) is 138. The van der Waals surface area contributed by atoms with E-state index in [1.807, 2.05) is 45.0 Å². The second kappa shape index (κ2) is 35.5. The van der Waals surface area contributed by atoms with Crippen LogP contribution in [0.4, 0.5) is 8.78 Å². The number of carbonyl (C=O) groups is 8. The zero-order valence-corrected chi connectivity index (χ0v) is 59.2. The van der Waals surface area contributed by atoms with Crippen LogP contribution in [0.15, 0.2) is 125 Å². The lowest BCUT2D eigenvalue weighted by Gasteiger charge is -2.35. The molecule has 5 aromatic carbocycles. The molecule has 1 saturated heterocycles. The lowest BCUT2D eigenvalue weighted by Crippen LogP contribution is -2.58. The quantitative estimate of drug-likeness (QED) is 0.0144. The number of amides is 8. The van der Waals surface area contributed by atoms with E-state index < -0.39 is 114 Å². The Morgan fingerprint density at radius 1 is 0.747 bits per heavy atom. The third kappa shape index (κ3) is 22.2. The summed E-state index contributed by atoms with van der Waals surface area (Å²) < 4.78 is 53.1. The molecular formula is C70H85BrF2N9O15PS. The van der Waals surface area contributed by atoms with Gasteiger partial charge in [-0.2, -0.15) is 8.78 Å². The Bertz CT molecular complexity index is 3860. The first kappa shape index (κ1) is 77.8. The summed E-state index contributed by atoms with van der Waals surface area (Å²) in [6, 6.07) is 22.5. The number of likely N-dealkylation sites (tertiary alicyclic amines) is 1. The maximum atomic E-state index is 14.8. The SMILES string of the molecule is COc1cc(CC(=O)N[C@@H](Cc2ccccc2)C(=O)N[C@@H](Cc2ccc(C(F)(F)P(=O)(O)O)cc2)C(=O)N[C@@H](CCCCNC(=O)c2ccc(C)c(Br)c2)C(=O)NCCOCCC(=O)N[C@H](C(=O)N2C[C@H](O)C[C@H]2C(=O)N[C@@H](C)c2ccc(-c3scnc3C)cc2)C(C)(C)C)ccc1O. The van der Waals surface area contributed by atoms with Crippen LogP contribution in [-0.2, 0) is 67.8 Å². The van der Waals surface area contributed by atoms with Crippen molar-refractivity contribution < 1.29 is 81.2 Å². The number of carbonyl (C=O) groups excluding carboxylic acids is 8. The number of rotatable bonds is 33. The zero-order chi connectivity index (χ0) is 72.4. The minimum atomic E-state index is -5.98. The number of hydrogen-bond donors (Lipinski definition) is 11. The molecule has 2 heterocycles. The van der Waals surface area contributed by atoms with Gasteiger partial charge in [0.1, 0.15) is 30.2 Å². The topological polar surface area (TPSA) is 353 Å². The predicted octanol–water partition coefficient (Wildman–Crippen LogP) is 7.11. The maximum absolute atomic E-state index is 14.8. The van der Waals surface area contributed by atoms with Crippen LogP contribution in [0.2, 0.25) is 0 Å². The number of aliphatic hydroxyl groups is 1. The van der Waals surface area contributed by atoms with Crippen LogP contribution < -0.4 is 42.0 Å². The summed E-state index contributed by atoms with van der Waals surface area (Å²) >= 11 is 4.96. The Kier molecular flexibility index (Phi) is 27.9. The monoisotopic (exact) mass is 1470 g/mol. The summed E-state index contributed by atoms with van der Waals surface area (Å²) in [7, 11) is -4.65. The smallest absolute Gasteiger partial charge is 0.399 e. The number of hydrogen-bond acceptors (Lipinski definition) is 15. The first-order valence-electron chi connectivity index (χ1n) is 32.1. The molecule has 99 heavy (non-hydrogen) atoms. The van der Waals surface area contributed by atoms with Crippen molar-refractivity contribution in [1.29, 1.82) is 0 Å². The molecule has 1 aliphatic rings. The summed E-state index contributed by atoms with van der Waals surface area (Å²) in [5.41, 5.74) is 0.486. The second-order valence-electron chi connectivity index (χ2n) is 25.4. The van der Waals surface area contributed by atoms with Gasteiger partial charge in [0.05, 0.1) is 55.0 Å². The number of β-amino-alcohol motifs (C(OH)–C–C–N with tert-alkyl or cyclic N) is 1. The summed E-state index contributed by atoms with van der Waals surface area (Å²) in [5.74, 6) is -5.22. The number of aromatic nitrogens is 1. The minimum Gasteiger partial charge on any atom is -0.504 e. The Morgan fingerprint density at radius 2 is 1.39 bits per heavy atom. The second-order valence-corrected chi connectivity index (χ2v) is 28.7. The van der Waals surface area contributed by atoms with Gasteiger partial charge in [0.2, 0.25) is 41.4 Å². The first-order chi connectivity index (χ1) is 46.8. The number of phenolic OH excluding ortho intramolecular Hbond substituents is 1. The molecule has 1 aliphatic heterocycles. The Labute approximate surface area is 585 Å². The van der Waals surface area contributed by atoms with Crippen molar-refractivity contribution in [2.75, 3.05) is 40.0 Å². The van der Waals surface area contributed by atoms with Gasteiger partial charge in [-0.3, -0.25) is 42.9 Å². The molecule has 0 radical (unpaired) electrons. The maximum Gasteiger partial charge on any atom is 0.399 e. The first-order valence-corrected chi connectivity index (χ1v) is 35.4. The molecule has 0 saturated carbocycles. The number of unbranched alkanes of at least 4 members (excludes halogenated alkanes) is 1. The van der Waals surface area contributed by atoms with E-state index in [1.165, 1.54) is 41.5 Å². The fourth-order valence-corrected chi connectivity index (χ4v) is 12.7. The fraction of sp³-hybridized carbons (Fsp3) is 0.414. The summed E-state index contributed by atoms with van der Waals surface area (Å²) in [6.45, 7) is 10.4. The highest BCUT2D eigenvalue weighted by atomic mass is 79.9. The van der Waals surface area contributed by atoms with Crippen LogP contribution in [0.3, 0.4) is 0 Å². The molecule has 29 heteroatoms. The molecule has 532 valence electrons. The number of aliphatic hydroxyl groups excluding tert-OH is 1. The Hall–Kier alpha value is -8.50. The fourth-order valence-electron chi connectivity index (χ4n) is 11.0. The largest absolute Gasteiger partial charge is 0.504 e. The van der Waals surface area contributed by atoms with Crippen molar-refractivity contribution in [2.45, 2.75) is 141 Å². The van der Waals surface area contributed by atoms with Gasteiger partial charge in [-0.15, -0.1) is 11.3 Å². The average molecular weight is 1470 g/mol. The lowest BCUT2D eigenvalue weighted by atomic mass is 9.85. The number of benzene rings is 5. The zero-order valence-electron chi connectivity index (χ0n) is 55.9. The van der Waals surface area contributed by atoms with E-state index in [2.05, 4.69) is 58.1 Å². The summed E-state index contributed by atoms with van der Waals surface area (Å²) in [5, 5.41) is 40.4. The van der Waals surface area contributed by atoms with Gasteiger partial charge >= 0.3 is 13.3 Å². The van der Waals surface area contributed by atoms with Gasteiger partial charge in [0, 0.05) is 60.9 Å². The van der Waals surface area contributed by atoms with Crippen molar-refractivity contribution in [2.24, 2.45) is 5.41 Å². The third-order valence-corrected chi connectivity index (χ3v) is 19.5. The van der Waals surface area contributed by atoms with Gasteiger partial charge < -0.3 is 71.6 Å². The molecule has 24 nitrogen and oxygen atoms in total. The highest BCUT2D eigenvalue weighted by Gasteiger charge is 2.50. The standard InChI is InChI=1S/C70H85BrF2N9O15PS/c1-41-16-20-49(37-52(41)71)63(87)74-29-12-11-15-53(64(88)75-30-32-97-31-28-59(85)81-62(69(4,5)6)68(92)82-39-51(83)38-56(82)67(91)77-42(2)47-21-23-48(24-22-47)61-43(3)76-40-99-61)79-66(90)55(34-45-17-25-50(26-18-45)70(72,73)98(93,94)95)80-65(89)54(33-44-13-9-8-10-14-44)78-60(86)36-46-19-27-57(84)58(35-46)96-7/h8-10,13-14,16-27,35,37,40,42,51,53-56,62,83-84H,11-12,15,28-34,36,38-39H2,1-7H3,(H,74,87)(H,75,88)(H,77,91)(H,78,86)(H,79,90)(H,80,89)(H,81,85)(H2,93,94,95)/t42-,51+,53-,54-,55-,56-,62+/m0/s1. The molecule has 7 rings (SSSR count). The van der Waals surface area contributed by atoms with Crippen LogP contribution in [0.5, 0.6) is 11.5 Å². The van der Waals surface area contributed by atoms with E-state index in [4.69, 9.17) is 9.47 Å². The van der Waals surface area contributed by atoms with Crippen molar-refractivity contribution in [3.05, 3.63) is 170 Å². The number of nitrogens with one attached hydrogen (secondary N) is 7. The molecular weight excluding hydrogens is 1390 g/mol. The normalized spacial score (nSPS) is 15.5. The number of methoxy groups -OCH3 is 1. The van der Waals surface area contributed by atoms with Crippen molar-refractivity contribution in [1.82, 2.24) is 47.1 Å². The molecule has 8 amide bonds. The molecule has 0 aliphatic carbocycles.